The fourth-order valence-electron chi connectivity index (χ4n) is 2.18. The minimum atomic E-state index is -1.33. The number of alkyl halides is 1. The van der Waals surface area contributed by atoms with E-state index in [-0.39, 0.29) is 35.5 Å². The number of nitrogens with one attached hydrogen (secondary N) is 1. The third-order valence-electron chi connectivity index (χ3n) is 3.29. The van der Waals surface area contributed by atoms with Gasteiger partial charge in [0, 0.05) is 24.2 Å². The molecule has 1 aliphatic rings. The lowest BCUT2D eigenvalue weighted by atomic mass is 9.93. The molecule has 1 unspecified atom stereocenters. The molecule has 0 aliphatic carbocycles. The first kappa shape index (κ1) is 16.4. The summed E-state index contributed by atoms with van der Waals surface area (Å²) in [6.07, 6.45) is 1.43. The second kappa shape index (κ2) is 6.44. The van der Waals surface area contributed by atoms with Crippen LogP contribution in [-0.2, 0) is 4.79 Å². The highest BCUT2D eigenvalue weighted by Gasteiger charge is 2.34. The lowest BCUT2D eigenvalue weighted by molar-refractivity contribution is -0.384. The third-order valence-corrected chi connectivity index (χ3v) is 3.29. The summed E-state index contributed by atoms with van der Waals surface area (Å²) in [6, 6.07) is 5.67. The average molecular weight is 319 g/mol. The average Bonchev–Trinajstić information content (AvgIpc) is 2.53. The molecule has 0 spiro atoms. The van der Waals surface area contributed by atoms with Crippen molar-refractivity contribution in [3.05, 3.63) is 40.0 Å². The van der Waals surface area contributed by atoms with Crippen LogP contribution < -0.4 is 10.1 Å². The van der Waals surface area contributed by atoms with Gasteiger partial charge in [-0.05, 0) is 19.1 Å². The van der Waals surface area contributed by atoms with Crippen LogP contribution in [0.3, 0.4) is 0 Å². The number of amides is 1. The van der Waals surface area contributed by atoms with Crippen LogP contribution in [0.25, 0.3) is 5.57 Å². The van der Waals surface area contributed by atoms with E-state index in [4.69, 9.17) is 10.00 Å². The molecule has 1 N–H and O–H groups in total. The maximum atomic E-state index is 13.3. The van der Waals surface area contributed by atoms with Gasteiger partial charge in [0.25, 0.3) is 11.6 Å². The van der Waals surface area contributed by atoms with Gasteiger partial charge in [0.15, 0.2) is 5.60 Å². The Kier molecular flexibility index (Phi) is 4.60. The Morgan fingerprint density at radius 3 is 2.91 bits per heavy atom. The summed E-state index contributed by atoms with van der Waals surface area (Å²) in [7, 11) is 0. The predicted octanol–water partition coefficient (Wildman–Crippen LogP) is 2.13. The maximum absolute atomic E-state index is 13.3. The molecule has 1 atom stereocenters. The number of nitro benzene ring substituents is 1. The number of ether oxygens (including phenoxy) is 1. The minimum Gasteiger partial charge on any atom is -0.480 e. The van der Waals surface area contributed by atoms with Crippen molar-refractivity contribution in [2.24, 2.45) is 0 Å². The van der Waals surface area contributed by atoms with Crippen LogP contribution in [0, 0.1) is 21.4 Å². The van der Waals surface area contributed by atoms with E-state index < -0.39 is 23.1 Å². The van der Waals surface area contributed by atoms with Gasteiger partial charge in [0.1, 0.15) is 12.4 Å². The summed E-state index contributed by atoms with van der Waals surface area (Å²) in [6.45, 7) is 0.739. The first-order valence-electron chi connectivity index (χ1n) is 6.82. The van der Waals surface area contributed by atoms with Gasteiger partial charge in [-0.2, -0.15) is 5.26 Å². The van der Waals surface area contributed by atoms with Crippen molar-refractivity contribution in [3.63, 3.8) is 0 Å². The van der Waals surface area contributed by atoms with Crippen LogP contribution in [0.15, 0.2) is 24.3 Å². The zero-order valence-corrected chi connectivity index (χ0v) is 12.3. The molecule has 1 aromatic carbocycles. The zero-order valence-electron chi connectivity index (χ0n) is 12.3. The van der Waals surface area contributed by atoms with Gasteiger partial charge in [-0.15, -0.1) is 0 Å². The molecule has 0 saturated heterocycles. The standard InChI is InChI=1S/C15H14FN3O4/c1-15(9-16)8-12(14(20)18-6-2-5-17)11-7-10(19(21)22)3-4-13(11)23-15/h3-4,7-8H,2,6,9H2,1H3,(H,18,20). The SMILES string of the molecule is CC1(CF)C=C(C(=O)NCCC#N)c2cc([N+](=O)[O-])ccc2O1. The Morgan fingerprint density at radius 1 is 1.57 bits per heavy atom. The number of benzene rings is 1. The van der Waals surface area contributed by atoms with Gasteiger partial charge in [0.05, 0.1) is 23.0 Å². The molecule has 0 bridgehead atoms. The molecule has 0 saturated carbocycles. The first-order chi connectivity index (χ1) is 10.9. The van der Waals surface area contributed by atoms with E-state index in [2.05, 4.69) is 5.32 Å². The van der Waals surface area contributed by atoms with Crippen LogP contribution in [0.2, 0.25) is 0 Å². The van der Waals surface area contributed by atoms with Crippen molar-refractivity contribution in [2.45, 2.75) is 18.9 Å². The summed E-state index contributed by atoms with van der Waals surface area (Å²) in [4.78, 5) is 22.6. The molecule has 120 valence electrons. The summed E-state index contributed by atoms with van der Waals surface area (Å²) < 4.78 is 18.8. The third kappa shape index (κ3) is 3.45. The molecule has 0 aromatic heterocycles. The van der Waals surface area contributed by atoms with Gasteiger partial charge in [-0.25, -0.2) is 4.39 Å². The van der Waals surface area contributed by atoms with Crippen molar-refractivity contribution >= 4 is 17.2 Å². The number of nitro groups is 1. The monoisotopic (exact) mass is 319 g/mol. The largest absolute Gasteiger partial charge is 0.480 e. The van der Waals surface area contributed by atoms with Gasteiger partial charge >= 0.3 is 0 Å². The van der Waals surface area contributed by atoms with E-state index in [1.807, 2.05) is 6.07 Å². The Balaban J connectivity index is 2.44. The number of rotatable bonds is 5. The summed E-state index contributed by atoms with van der Waals surface area (Å²) >= 11 is 0. The number of carbonyl (C=O) groups is 1. The number of fused-ring (bicyclic) bond motifs is 1. The highest BCUT2D eigenvalue weighted by atomic mass is 19.1. The van der Waals surface area contributed by atoms with Crippen LogP contribution in [0.5, 0.6) is 5.75 Å². The molecule has 1 amide bonds. The number of non-ortho nitro benzene ring substituents is 1. The molecule has 0 fully saturated rings. The minimum absolute atomic E-state index is 0.0908. The molecule has 1 heterocycles. The lowest BCUT2D eigenvalue weighted by Gasteiger charge is -2.31. The van der Waals surface area contributed by atoms with Crippen molar-refractivity contribution in [1.82, 2.24) is 5.32 Å². The Hall–Kier alpha value is -2.95. The summed E-state index contributed by atoms with van der Waals surface area (Å²) in [5.41, 5.74) is -1.22. The topological polar surface area (TPSA) is 105 Å². The fraction of sp³-hybridized carbons (Fsp3) is 0.333. The van der Waals surface area contributed by atoms with Crippen molar-refractivity contribution < 1.29 is 18.8 Å². The smallest absolute Gasteiger partial charge is 0.270 e. The predicted molar refractivity (Wildman–Crippen MR) is 79.3 cm³/mol. The van der Waals surface area contributed by atoms with E-state index in [9.17, 15) is 19.3 Å². The molecule has 2 rings (SSSR count). The fourth-order valence-corrected chi connectivity index (χ4v) is 2.18. The molecule has 23 heavy (non-hydrogen) atoms. The molecular weight excluding hydrogens is 305 g/mol. The van der Waals surface area contributed by atoms with Crippen molar-refractivity contribution in [1.29, 1.82) is 5.26 Å². The number of carbonyl (C=O) groups excluding carboxylic acids is 1. The molecule has 8 heteroatoms. The van der Waals surface area contributed by atoms with E-state index in [0.717, 1.165) is 0 Å². The van der Waals surface area contributed by atoms with E-state index in [0.29, 0.717) is 0 Å². The Bertz CT molecular complexity index is 726. The van der Waals surface area contributed by atoms with Crippen molar-refractivity contribution in [3.8, 4) is 11.8 Å². The number of halogens is 1. The van der Waals surface area contributed by atoms with E-state index >= 15 is 0 Å². The molecule has 1 aromatic rings. The zero-order chi connectivity index (χ0) is 17.0. The van der Waals surface area contributed by atoms with Gasteiger partial charge in [-0.3, -0.25) is 14.9 Å². The molecule has 0 radical (unpaired) electrons. The molecular formula is C15H14FN3O4. The second-order valence-electron chi connectivity index (χ2n) is 5.21. The molecule has 7 nitrogen and oxygen atoms in total. The van der Waals surface area contributed by atoms with Gasteiger partial charge in [0.2, 0.25) is 0 Å². The summed E-state index contributed by atoms with van der Waals surface area (Å²) in [5, 5.41) is 21.9. The normalized spacial score (nSPS) is 18.9. The van der Waals surface area contributed by atoms with Gasteiger partial charge in [-0.1, -0.05) is 0 Å². The Labute approximate surface area is 131 Å². The first-order valence-corrected chi connectivity index (χ1v) is 6.82. The van der Waals surface area contributed by atoms with E-state index in [1.54, 1.807) is 0 Å². The highest BCUT2D eigenvalue weighted by Crippen LogP contribution is 2.38. The van der Waals surface area contributed by atoms with Crippen LogP contribution in [-0.4, -0.2) is 29.7 Å². The number of nitriles is 1. The quantitative estimate of drug-likeness (QED) is 0.508. The van der Waals surface area contributed by atoms with Crippen LogP contribution in [0.4, 0.5) is 10.1 Å². The molecule has 1 aliphatic heterocycles. The number of nitrogens with zero attached hydrogens (tertiary/aromatic N) is 2. The summed E-state index contributed by atoms with van der Waals surface area (Å²) in [5.74, 6) is -0.339. The van der Waals surface area contributed by atoms with Crippen LogP contribution in [0.1, 0.15) is 18.9 Å². The second-order valence-corrected chi connectivity index (χ2v) is 5.21. The van der Waals surface area contributed by atoms with Gasteiger partial charge < -0.3 is 10.1 Å². The number of hydrogen-bond acceptors (Lipinski definition) is 5. The van der Waals surface area contributed by atoms with Crippen molar-refractivity contribution in [2.75, 3.05) is 13.2 Å². The lowest BCUT2D eigenvalue weighted by Crippen LogP contribution is -2.38. The Morgan fingerprint density at radius 2 is 2.30 bits per heavy atom. The number of hydrogen-bond donors (Lipinski definition) is 1. The van der Waals surface area contributed by atoms with E-state index in [1.165, 1.54) is 31.2 Å². The maximum Gasteiger partial charge on any atom is 0.270 e. The van der Waals surface area contributed by atoms with Crippen LogP contribution >= 0.6 is 0 Å². The highest BCUT2D eigenvalue weighted by molar-refractivity contribution is 6.21.